The Bertz CT molecular complexity index is 628. The molecule has 0 radical (unpaired) electrons. The van der Waals surface area contributed by atoms with E-state index in [1.165, 1.54) is 24.3 Å². The molecule has 0 saturated carbocycles. The van der Waals surface area contributed by atoms with Gasteiger partial charge in [-0.25, -0.2) is 4.39 Å². The number of nitrogens with one attached hydrogen (secondary N) is 1. The predicted molar refractivity (Wildman–Crippen MR) is 71.0 cm³/mol. The van der Waals surface area contributed by atoms with Gasteiger partial charge in [0, 0.05) is 18.2 Å². The maximum Gasteiger partial charge on any atom is 0.251 e. The van der Waals surface area contributed by atoms with Crippen molar-refractivity contribution in [2.75, 3.05) is 6.61 Å². The summed E-state index contributed by atoms with van der Waals surface area (Å²) < 4.78 is 18.3. The summed E-state index contributed by atoms with van der Waals surface area (Å²) >= 11 is 0. The van der Waals surface area contributed by atoms with Gasteiger partial charge >= 0.3 is 0 Å². The van der Waals surface area contributed by atoms with E-state index >= 15 is 0 Å². The van der Waals surface area contributed by atoms with Crippen molar-refractivity contribution in [3.63, 3.8) is 0 Å². The van der Waals surface area contributed by atoms with Gasteiger partial charge in [-0.15, -0.1) is 0 Å². The maximum absolute atomic E-state index is 12.8. The summed E-state index contributed by atoms with van der Waals surface area (Å²) in [6.07, 6.45) is 2.33. The molecule has 0 spiro atoms. The van der Waals surface area contributed by atoms with E-state index in [-0.39, 0.29) is 17.8 Å². The molecule has 0 fully saturated rings. The largest absolute Gasteiger partial charge is 0.491 e. The van der Waals surface area contributed by atoms with Crippen molar-refractivity contribution in [3.8, 4) is 5.75 Å². The minimum Gasteiger partial charge on any atom is -0.491 e. The lowest BCUT2D eigenvalue weighted by Gasteiger charge is -2.25. The van der Waals surface area contributed by atoms with Crippen LogP contribution >= 0.6 is 0 Å². The predicted octanol–water partition coefficient (Wildman–Crippen LogP) is 2.47. The average Bonchev–Trinajstić information content (AvgIpc) is 2.48. The molecular weight excluding hydrogens is 259 g/mol. The van der Waals surface area contributed by atoms with Crippen molar-refractivity contribution in [2.45, 2.75) is 12.5 Å². The molecule has 20 heavy (non-hydrogen) atoms. The van der Waals surface area contributed by atoms with E-state index in [0.29, 0.717) is 24.3 Å². The molecule has 1 aliphatic rings. The Hall–Kier alpha value is -2.43. The maximum atomic E-state index is 12.8. The molecule has 1 aromatic heterocycles. The van der Waals surface area contributed by atoms with Gasteiger partial charge in [0.2, 0.25) is 0 Å². The smallest absolute Gasteiger partial charge is 0.251 e. The number of hydrogen-bond donors (Lipinski definition) is 1. The normalized spacial score (nSPS) is 16.9. The van der Waals surface area contributed by atoms with Crippen molar-refractivity contribution in [1.29, 1.82) is 0 Å². The topological polar surface area (TPSA) is 51.2 Å². The molecule has 2 aromatic rings. The molecule has 0 saturated heterocycles. The minimum absolute atomic E-state index is 0.183. The summed E-state index contributed by atoms with van der Waals surface area (Å²) in [5, 5.41) is 2.91. The van der Waals surface area contributed by atoms with Crippen LogP contribution in [0.15, 0.2) is 42.6 Å². The number of pyridine rings is 1. The zero-order valence-corrected chi connectivity index (χ0v) is 10.7. The third-order valence-corrected chi connectivity index (χ3v) is 3.21. The van der Waals surface area contributed by atoms with E-state index < -0.39 is 0 Å². The average molecular weight is 272 g/mol. The van der Waals surface area contributed by atoms with Crippen LogP contribution in [-0.2, 0) is 0 Å². The van der Waals surface area contributed by atoms with Gasteiger partial charge in [0.15, 0.2) is 0 Å². The number of aromatic nitrogens is 1. The van der Waals surface area contributed by atoms with Crippen LogP contribution in [0, 0.1) is 5.82 Å². The number of carbonyl (C=O) groups excluding carboxylic acids is 1. The van der Waals surface area contributed by atoms with E-state index in [1.54, 1.807) is 12.3 Å². The van der Waals surface area contributed by atoms with Crippen LogP contribution in [0.5, 0.6) is 5.75 Å². The highest BCUT2D eigenvalue weighted by Crippen LogP contribution is 2.29. The van der Waals surface area contributed by atoms with Crippen molar-refractivity contribution in [3.05, 3.63) is 59.7 Å². The molecule has 0 bridgehead atoms. The summed E-state index contributed by atoms with van der Waals surface area (Å²) in [5.41, 5.74) is 1.16. The van der Waals surface area contributed by atoms with E-state index in [0.717, 1.165) is 5.69 Å². The monoisotopic (exact) mass is 272 g/mol. The molecule has 5 heteroatoms. The van der Waals surface area contributed by atoms with E-state index in [4.69, 9.17) is 4.74 Å². The van der Waals surface area contributed by atoms with Gasteiger partial charge in [-0.3, -0.25) is 9.78 Å². The first-order valence-electron chi connectivity index (χ1n) is 6.38. The lowest BCUT2D eigenvalue weighted by Crippen LogP contribution is -2.32. The molecule has 1 N–H and O–H groups in total. The lowest BCUT2D eigenvalue weighted by molar-refractivity contribution is 0.0923. The fraction of sp³-hybridized carbons (Fsp3) is 0.200. The summed E-state index contributed by atoms with van der Waals surface area (Å²) in [7, 11) is 0. The van der Waals surface area contributed by atoms with Crippen LogP contribution in [0.1, 0.15) is 28.5 Å². The number of carbonyl (C=O) groups is 1. The van der Waals surface area contributed by atoms with Crippen molar-refractivity contribution in [2.24, 2.45) is 0 Å². The Morgan fingerprint density at radius 3 is 2.90 bits per heavy atom. The van der Waals surface area contributed by atoms with Gasteiger partial charge in [0.05, 0.1) is 12.6 Å². The van der Waals surface area contributed by atoms with E-state index in [9.17, 15) is 9.18 Å². The highest BCUT2D eigenvalue weighted by Gasteiger charge is 2.24. The van der Waals surface area contributed by atoms with Gasteiger partial charge in [-0.2, -0.15) is 0 Å². The van der Waals surface area contributed by atoms with Crippen LogP contribution < -0.4 is 10.1 Å². The van der Waals surface area contributed by atoms with Crippen LogP contribution in [0.4, 0.5) is 4.39 Å². The number of ether oxygens (including phenoxy) is 1. The first-order valence-corrected chi connectivity index (χ1v) is 6.38. The van der Waals surface area contributed by atoms with Gasteiger partial charge in [0.25, 0.3) is 5.91 Å². The van der Waals surface area contributed by atoms with Crippen molar-refractivity contribution >= 4 is 5.91 Å². The standard InChI is InChI=1S/C15H13FN2O2/c16-11-5-3-10(4-6-11)15(19)18-12-7-9-20-13-2-1-8-17-14(12)13/h1-6,8,12H,7,9H2,(H,18,19)/t12-/m1/s1. The number of nitrogens with zero attached hydrogens (tertiary/aromatic N) is 1. The summed E-state index contributed by atoms with van der Waals surface area (Å²) in [6.45, 7) is 0.535. The molecule has 102 valence electrons. The molecular formula is C15H13FN2O2. The van der Waals surface area contributed by atoms with Gasteiger partial charge in [-0.05, 0) is 36.4 Å². The minimum atomic E-state index is -0.361. The Labute approximate surface area is 115 Å². The second-order valence-electron chi connectivity index (χ2n) is 4.56. The second-order valence-corrected chi connectivity index (χ2v) is 4.56. The fourth-order valence-electron chi connectivity index (χ4n) is 2.19. The molecule has 1 aromatic carbocycles. The van der Waals surface area contributed by atoms with Crippen molar-refractivity contribution in [1.82, 2.24) is 10.3 Å². The highest BCUT2D eigenvalue weighted by atomic mass is 19.1. The molecule has 0 aliphatic carbocycles. The number of fused-ring (bicyclic) bond motifs is 1. The van der Waals surface area contributed by atoms with Gasteiger partial charge < -0.3 is 10.1 Å². The van der Waals surface area contributed by atoms with E-state index in [1.807, 2.05) is 6.07 Å². The lowest BCUT2D eigenvalue weighted by atomic mass is 10.1. The fourth-order valence-corrected chi connectivity index (χ4v) is 2.19. The first kappa shape index (κ1) is 12.6. The molecule has 2 heterocycles. The van der Waals surface area contributed by atoms with Gasteiger partial charge in [0.1, 0.15) is 17.3 Å². The summed E-state index contributed by atoms with van der Waals surface area (Å²) in [4.78, 5) is 16.4. The Kier molecular flexibility index (Phi) is 3.33. The number of rotatable bonds is 2. The Morgan fingerprint density at radius 1 is 1.30 bits per heavy atom. The quantitative estimate of drug-likeness (QED) is 0.913. The molecule has 1 aliphatic heterocycles. The zero-order valence-electron chi connectivity index (χ0n) is 10.7. The molecule has 4 nitrogen and oxygen atoms in total. The van der Waals surface area contributed by atoms with Crippen molar-refractivity contribution < 1.29 is 13.9 Å². The number of halogens is 1. The second kappa shape index (κ2) is 5.28. The first-order chi connectivity index (χ1) is 9.74. The highest BCUT2D eigenvalue weighted by molar-refractivity contribution is 5.94. The summed E-state index contributed by atoms with van der Waals surface area (Å²) in [5.74, 6) is 0.0938. The van der Waals surface area contributed by atoms with Crippen LogP contribution in [0.3, 0.4) is 0 Å². The van der Waals surface area contributed by atoms with Crippen LogP contribution in [-0.4, -0.2) is 17.5 Å². The zero-order chi connectivity index (χ0) is 13.9. The van der Waals surface area contributed by atoms with Gasteiger partial charge in [-0.1, -0.05) is 0 Å². The molecule has 1 atom stereocenters. The third-order valence-electron chi connectivity index (χ3n) is 3.21. The number of hydrogen-bond acceptors (Lipinski definition) is 3. The molecule has 3 rings (SSSR count). The van der Waals surface area contributed by atoms with Crippen LogP contribution in [0.25, 0.3) is 0 Å². The summed E-state index contributed by atoms with van der Waals surface area (Å²) in [6, 6.07) is 8.90. The Balaban J connectivity index is 1.79. The SMILES string of the molecule is O=C(N[C@@H]1CCOc2cccnc21)c1ccc(F)cc1. The van der Waals surface area contributed by atoms with E-state index in [2.05, 4.69) is 10.3 Å². The molecule has 0 unspecified atom stereocenters. The number of amides is 1. The third kappa shape index (κ3) is 2.47. The molecule has 1 amide bonds. The Morgan fingerprint density at radius 2 is 2.10 bits per heavy atom. The van der Waals surface area contributed by atoms with Crippen LogP contribution in [0.2, 0.25) is 0 Å². The number of benzene rings is 1.